The predicted molar refractivity (Wildman–Crippen MR) is 58.3 cm³/mol. The Morgan fingerprint density at radius 3 is 1.73 bits per heavy atom. The number of rotatable bonds is 10. The van der Waals surface area contributed by atoms with Crippen LogP contribution < -0.4 is 0 Å². The molecule has 15 heavy (non-hydrogen) atoms. The molecule has 0 aromatic carbocycles. The smallest absolute Gasteiger partial charge is 0.151 e. The molecular weight excluding hydrogens is 196 g/mol. The van der Waals surface area contributed by atoms with Crippen LogP contribution in [0, 0.1) is 0 Å². The van der Waals surface area contributed by atoms with Gasteiger partial charge in [-0.15, -0.1) is 0 Å². The van der Waals surface area contributed by atoms with Crippen molar-refractivity contribution in [2.45, 2.75) is 63.8 Å². The van der Waals surface area contributed by atoms with E-state index in [1.165, 1.54) is 0 Å². The van der Waals surface area contributed by atoms with Gasteiger partial charge in [-0.3, -0.25) is 0 Å². The fourth-order valence-electron chi connectivity index (χ4n) is 1.53. The van der Waals surface area contributed by atoms with E-state index < -0.39 is 6.29 Å². The Bertz CT molecular complexity index is 128. The Kier molecular flexibility index (Phi) is 10.3. The quantitative estimate of drug-likeness (QED) is 0.324. The van der Waals surface area contributed by atoms with Crippen LogP contribution in [0.15, 0.2) is 0 Å². The molecular formula is C11H24O4. The van der Waals surface area contributed by atoms with E-state index >= 15 is 0 Å². The first kappa shape index (κ1) is 14.8. The SMILES string of the molecule is OCCC(O)CCCCCCCC(O)O. The summed E-state index contributed by atoms with van der Waals surface area (Å²) in [6.45, 7) is 0.0511. The Hall–Kier alpha value is -0.160. The zero-order chi connectivity index (χ0) is 11.5. The molecule has 0 spiro atoms. The fourth-order valence-corrected chi connectivity index (χ4v) is 1.53. The van der Waals surface area contributed by atoms with Crippen molar-refractivity contribution < 1.29 is 20.4 Å². The van der Waals surface area contributed by atoms with E-state index in [1.807, 2.05) is 0 Å². The molecule has 0 radical (unpaired) electrons. The summed E-state index contributed by atoms with van der Waals surface area (Å²) < 4.78 is 0. The zero-order valence-corrected chi connectivity index (χ0v) is 9.31. The van der Waals surface area contributed by atoms with Crippen molar-refractivity contribution in [1.82, 2.24) is 0 Å². The Labute approximate surface area is 91.6 Å². The van der Waals surface area contributed by atoms with Crippen LogP contribution in [-0.4, -0.2) is 39.4 Å². The third kappa shape index (κ3) is 11.8. The Morgan fingerprint density at radius 1 is 0.667 bits per heavy atom. The topological polar surface area (TPSA) is 80.9 Å². The number of aliphatic hydroxyl groups excluding tert-OH is 3. The molecule has 0 heterocycles. The Balaban J connectivity index is 3.04. The van der Waals surface area contributed by atoms with Gasteiger partial charge in [0.15, 0.2) is 6.29 Å². The van der Waals surface area contributed by atoms with E-state index in [0.29, 0.717) is 12.8 Å². The second kappa shape index (κ2) is 10.4. The number of hydrogen-bond acceptors (Lipinski definition) is 4. The van der Waals surface area contributed by atoms with Crippen molar-refractivity contribution in [3.63, 3.8) is 0 Å². The van der Waals surface area contributed by atoms with Gasteiger partial charge in [-0.1, -0.05) is 25.7 Å². The molecule has 0 aliphatic rings. The summed E-state index contributed by atoms with van der Waals surface area (Å²) in [6.07, 6.45) is 5.09. The van der Waals surface area contributed by atoms with E-state index in [0.717, 1.165) is 38.5 Å². The van der Waals surface area contributed by atoms with Crippen molar-refractivity contribution >= 4 is 0 Å². The normalized spacial score (nSPS) is 13.4. The molecule has 4 nitrogen and oxygen atoms in total. The minimum atomic E-state index is -1.17. The number of unbranched alkanes of at least 4 members (excludes halogenated alkanes) is 4. The molecule has 0 fully saturated rings. The maximum absolute atomic E-state index is 9.30. The van der Waals surface area contributed by atoms with E-state index in [1.54, 1.807) is 0 Å². The van der Waals surface area contributed by atoms with Crippen LogP contribution in [0.1, 0.15) is 51.4 Å². The lowest BCUT2D eigenvalue weighted by atomic mass is 10.1. The van der Waals surface area contributed by atoms with Crippen LogP contribution in [0.4, 0.5) is 0 Å². The third-order valence-corrected chi connectivity index (χ3v) is 2.46. The summed E-state index contributed by atoms with van der Waals surface area (Å²) in [5, 5.41) is 35.0. The summed E-state index contributed by atoms with van der Waals surface area (Å²) in [6, 6.07) is 0. The van der Waals surface area contributed by atoms with Crippen LogP contribution in [0.5, 0.6) is 0 Å². The van der Waals surface area contributed by atoms with Gasteiger partial charge in [0.2, 0.25) is 0 Å². The first-order valence-corrected chi connectivity index (χ1v) is 5.82. The van der Waals surface area contributed by atoms with E-state index in [9.17, 15) is 5.11 Å². The molecule has 0 aliphatic carbocycles. The van der Waals surface area contributed by atoms with Crippen LogP contribution in [-0.2, 0) is 0 Å². The van der Waals surface area contributed by atoms with Crippen molar-refractivity contribution in [3.05, 3.63) is 0 Å². The van der Waals surface area contributed by atoms with Gasteiger partial charge >= 0.3 is 0 Å². The van der Waals surface area contributed by atoms with E-state index in [4.69, 9.17) is 15.3 Å². The molecule has 0 bridgehead atoms. The third-order valence-electron chi connectivity index (χ3n) is 2.46. The molecule has 0 aromatic rings. The lowest BCUT2D eigenvalue weighted by Crippen LogP contribution is -2.08. The van der Waals surface area contributed by atoms with Crippen molar-refractivity contribution in [2.24, 2.45) is 0 Å². The molecule has 0 aliphatic heterocycles. The van der Waals surface area contributed by atoms with Gasteiger partial charge in [-0.05, 0) is 25.7 Å². The summed E-state index contributed by atoms with van der Waals surface area (Å²) in [5.41, 5.74) is 0. The first-order chi connectivity index (χ1) is 7.16. The van der Waals surface area contributed by atoms with Gasteiger partial charge in [0, 0.05) is 6.61 Å². The van der Waals surface area contributed by atoms with Gasteiger partial charge in [0.05, 0.1) is 6.10 Å². The maximum atomic E-state index is 9.30. The van der Waals surface area contributed by atoms with Gasteiger partial charge in [0.1, 0.15) is 0 Å². The van der Waals surface area contributed by atoms with Gasteiger partial charge in [-0.25, -0.2) is 0 Å². The highest BCUT2D eigenvalue weighted by Gasteiger charge is 2.02. The van der Waals surface area contributed by atoms with Gasteiger partial charge < -0.3 is 20.4 Å². The highest BCUT2D eigenvalue weighted by Crippen LogP contribution is 2.10. The number of aliphatic hydroxyl groups is 4. The zero-order valence-electron chi connectivity index (χ0n) is 9.31. The summed E-state index contributed by atoms with van der Waals surface area (Å²) in [4.78, 5) is 0. The van der Waals surface area contributed by atoms with Crippen LogP contribution in [0.3, 0.4) is 0 Å². The second-order valence-electron chi connectivity index (χ2n) is 3.99. The minimum absolute atomic E-state index is 0.0511. The lowest BCUT2D eigenvalue weighted by Gasteiger charge is -2.08. The largest absolute Gasteiger partial charge is 0.396 e. The average molecular weight is 220 g/mol. The van der Waals surface area contributed by atoms with Gasteiger partial charge in [-0.2, -0.15) is 0 Å². The molecule has 92 valence electrons. The molecule has 4 N–H and O–H groups in total. The first-order valence-electron chi connectivity index (χ1n) is 5.82. The minimum Gasteiger partial charge on any atom is -0.396 e. The highest BCUT2D eigenvalue weighted by molar-refractivity contribution is 4.55. The number of hydrogen-bond donors (Lipinski definition) is 4. The molecule has 0 aromatic heterocycles. The fraction of sp³-hybridized carbons (Fsp3) is 1.00. The average Bonchev–Trinajstić information content (AvgIpc) is 2.16. The molecule has 0 amide bonds. The van der Waals surface area contributed by atoms with Crippen molar-refractivity contribution in [2.75, 3.05) is 6.61 Å². The molecule has 0 saturated carbocycles. The van der Waals surface area contributed by atoms with E-state index in [-0.39, 0.29) is 12.7 Å². The predicted octanol–water partition coefficient (Wildman–Crippen LogP) is 0.771. The van der Waals surface area contributed by atoms with Crippen molar-refractivity contribution in [1.29, 1.82) is 0 Å². The second-order valence-corrected chi connectivity index (χ2v) is 3.99. The standard InChI is InChI=1S/C11H24O4/c12-9-8-10(13)6-4-2-1-3-5-7-11(14)15/h10-15H,1-9H2. The summed E-state index contributed by atoms with van der Waals surface area (Å²) >= 11 is 0. The van der Waals surface area contributed by atoms with E-state index in [2.05, 4.69) is 0 Å². The molecule has 0 saturated heterocycles. The highest BCUT2D eigenvalue weighted by atomic mass is 16.5. The summed E-state index contributed by atoms with van der Waals surface area (Å²) in [7, 11) is 0. The summed E-state index contributed by atoms with van der Waals surface area (Å²) in [5.74, 6) is 0. The molecule has 0 rings (SSSR count). The van der Waals surface area contributed by atoms with Crippen LogP contribution in [0.2, 0.25) is 0 Å². The molecule has 1 unspecified atom stereocenters. The van der Waals surface area contributed by atoms with Crippen LogP contribution >= 0.6 is 0 Å². The van der Waals surface area contributed by atoms with Crippen molar-refractivity contribution in [3.8, 4) is 0 Å². The molecule has 1 atom stereocenters. The Morgan fingerprint density at radius 2 is 1.20 bits per heavy atom. The molecule has 4 heteroatoms. The lowest BCUT2D eigenvalue weighted by molar-refractivity contribution is -0.0466. The van der Waals surface area contributed by atoms with Gasteiger partial charge in [0.25, 0.3) is 0 Å². The monoisotopic (exact) mass is 220 g/mol. The van der Waals surface area contributed by atoms with Crippen LogP contribution in [0.25, 0.3) is 0 Å². The maximum Gasteiger partial charge on any atom is 0.151 e.